The summed E-state index contributed by atoms with van der Waals surface area (Å²) in [5.41, 5.74) is 1.66. The van der Waals surface area contributed by atoms with Gasteiger partial charge in [-0.1, -0.05) is 17.7 Å². The minimum atomic E-state index is -0.0515. The third-order valence-corrected chi connectivity index (χ3v) is 5.78. The molecule has 1 aromatic carbocycles. The number of aryl methyl sites for hydroxylation is 2. The Kier molecular flexibility index (Phi) is 5.73. The minimum Gasteiger partial charge on any atom is -0.495 e. The molecule has 0 radical (unpaired) electrons. The molecule has 130 valence electrons. The van der Waals surface area contributed by atoms with Gasteiger partial charge in [0.05, 0.1) is 27.7 Å². The van der Waals surface area contributed by atoms with Gasteiger partial charge in [-0.25, -0.2) is 4.98 Å². The van der Waals surface area contributed by atoms with Crippen molar-refractivity contribution >= 4 is 45.9 Å². The van der Waals surface area contributed by atoms with E-state index in [4.69, 9.17) is 16.3 Å². The quantitative estimate of drug-likeness (QED) is 0.609. The number of hydrogen-bond acceptors (Lipinski definition) is 5. The van der Waals surface area contributed by atoms with Crippen LogP contribution in [0, 0.1) is 6.92 Å². The molecule has 4 nitrogen and oxygen atoms in total. The van der Waals surface area contributed by atoms with Gasteiger partial charge in [0, 0.05) is 17.0 Å². The molecule has 0 spiro atoms. The van der Waals surface area contributed by atoms with E-state index in [9.17, 15) is 4.79 Å². The standard InChI is InChI=1S/C18H17ClN2O2S2/c1-11-20-18(15-4-3-9-24-15)16(25-11)7-8-17(22)21-12-5-6-14(23-2)13(19)10-12/h3-6,9-10H,7-8H2,1-2H3,(H,21,22). The van der Waals surface area contributed by atoms with Gasteiger partial charge in [0.25, 0.3) is 0 Å². The molecule has 0 bridgehead atoms. The molecular formula is C18H17ClN2O2S2. The molecule has 3 aromatic rings. The molecule has 7 heteroatoms. The van der Waals surface area contributed by atoms with Gasteiger partial charge in [-0.05, 0) is 43.0 Å². The molecule has 0 atom stereocenters. The molecule has 0 unspecified atom stereocenters. The van der Waals surface area contributed by atoms with E-state index in [1.165, 1.54) is 0 Å². The summed E-state index contributed by atoms with van der Waals surface area (Å²) in [4.78, 5) is 19.2. The van der Waals surface area contributed by atoms with Crippen molar-refractivity contribution in [1.29, 1.82) is 0 Å². The lowest BCUT2D eigenvalue weighted by atomic mass is 10.2. The summed E-state index contributed by atoms with van der Waals surface area (Å²) in [5, 5.41) is 6.39. The SMILES string of the molecule is COc1ccc(NC(=O)CCc2sc(C)nc2-c2cccs2)cc1Cl. The predicted molar refractivity (Wildman–Crippen MR) is 105 cm³/mol. The topological polar surface area (TPSA) is 51.2 Å². The average Bonchev–Trinajstić information content (AvgIpc) is 3.22. The first-order chi connectivity index (χ1) is 12.1. The number of amides is 1. The zero-order chi connectivity index (χ0) is 17.8. The van der Waals surface area contributed by atoms with Crippen LogP contribution < -0.4 is 10.1 Å². The van der Waals surface area contributed by atoms with E-state index >= 15 is 0 Å². The Hall–Kier alpha value is -1.89. The fourth-order valence-electron chi connectivity index (χ4n) is 2.44. The molecule has 1 amide bonds. The molecule has 0 aliphatic heterocycles. The fraction of sp³-hybridized carbons (Fsp3) is 0.222. The first kappa shape index (κ1) is 17.9. The van der Waals surface area contributed by atoms with Crippen molar-refractivity contribution in [2.24, 2.45) is 0 Å². The fourth-order valence-corrected chi connectivity index (χ4v) is 4.45. The largest absolute Gasteiger partial charge is 0.495 e. The van der Waals surface area contributed by atoms with Gasteiger partial charge in [-0.15, -0.1) is 22.7 Å². The van der Waals surface area contributed by atoms with E-state index in [1.807, 2.05) is 18.4 Å². The van der Waals surface area contributed by atoms with Crippen LogP contribution in [0.1, 0.15) is 16.3 Å². The number of rotatable bonds is 6. The second-order valence-electron chi connectivity index (χ2n) is 5.38. The minimum absolute atomic E-state index is 0.0515. The van der Waals surface area contributed by atoms with Crippen LogP contribution in [0.3, 0.4) is 0 Å². The van der Waals surface area contributed by atoms with Crippen LogP contribution in [-0.4, -0.2) is 18.0 Å². The number of carbonyl (C=O) groups is 1. The second kappa shape index (κ2) is 7.99. The number of halogens is 1. The summed E-state index contributed by atoms with van der Waals surface area (Å²) in [6.07, 6.45) is 1.05. The summed E-state index contributed by atoms with van der Waals surface area (Å²) in [7, 11) is 1.56. The molecule has 2 heterocycles. The lowest BCUT2D eigenvalue weighted by Gasteiger charge is -2.08. The number of thiophene rings is 1. The van der Waals surface area contributed by atoms with Crippen LogP contribution in [0.4, 0.5) is 5.69 Å². The molecule has 1 N–H and O–H groups in total. The van der Waals surface area contributed by atoms with Crippen molar-refractivity contribution in [1.82, 2.24) is 4.98 Å². The molecule has 0 saturated heterocycles. The highest BCUT2D eigenvalue weighted by Gasteiger charge is 2.14. The average molecular weight is 393 g/mol. The highest BCUT2D eigenvalue weighted by molar-refractivity contribution is 7.15. The zero-order valence-corrected chi connectivity index (χ0v) is 16.2. The molecule has 25 heavy (non-hydrogen) atoms. The summed E-state index contributed by atoms with van der Waals surface area (Å²) in [5.74, 6) is 0.532. The summed E-state index contributed by atoms with van der Waals surface area (Å²) in [6, 6.07) is 9.27. The maximum absolute atomic E-state index is 12.3. The monoisotopic (exact) mass is 392 g/mol. The van der Waals surface area contributed by atoms with Gasteiger partial charge < -0.3 is 10.1 Å². The number of hydrogen-bond donors (Lipinski definition) is 1. The van der Waals surface area contributed by atoms with Crippen LogP contribution in [0.25, 0.3) is 10.6 Å². The third kappa shape index (κ3) is 4.39. The first-order valence-electron chi connectivity index (χ1n) is 7.70. The van der Waals surface area contributed by atoms with Crippen molar-refractivity contribution in [2.45, 2.75) is 19.8 Å². The Morgan fingerprint density at radius 2 is 2.20 bits per heavy atom. The second-order valence-corrected chi connectivity index (χ2v) is 8.02. The van der Waals surface area contributed by atoms with Crippen molar-refractivity contribution in [3.8, 4) is 16.3 Å². The zero-order valence-electron chi connectivity index (χ0n) is 13.8. The molecule has 0 saturated carbocycles. The first-order valence-corrected chi connectivity index (χ1v) is 9.78. The Morgan fingerprint density at radius 3 is 2.88 bits per heavy atom. The van der Waals surface area contributed by atoms with Gasteiger partial charge in [0.1, 0.15) is 5.75 Å². The number of thiazole rings is 1. The highest BCUT2D eigenvalue weighted by atomic mass is 35.5. The Balaban J connectivity index is 1.64. The van der Waals surface area contributed by atoms with E-state index < -0.39 is 0 Å². The van der Waals surface area contributed by atoms with E-state index in [0.717, 1.165) is 20.5 Å². The van der Waals surface area contributed by atoms with Crippen LogP contribution in [0.15, 0.2) is 35.7 Å². The van der Waals surface area contributed by atoms with Gasteiger partial charge in [-0.3, -0.25) is 4.79 Å². The smallest absolute Gasteiger partial charge is 0.224 e. The summed E-state index contributed by atoms with van der Waals surface area (Å²) >= 11 is 9.39. The number of aromatic nitrogens is 1. The van der Waals surface area contributed by atoms with E-state index in [1.54, 1.807) is 48.0 Å². The lowest BCUT2D eigenvalue weighted by molar-refractivity contribution is -0.116. The maximum Gasteiger partial charge on any atom is 0.224 e. The van der Waals surface area contributed by atoms with Gasteiger partial charge in [-0.2, -0.15) is 0 Å². The van der Waals surface area contributed by atoms with E-state index in [2.05, 4.69) is 16.4 Å². The number of carbonyl (C=O) groups excluding carboxylic acids is 1. The molecule has 2 aromatic heterocycles. The lowest BCUT2D eigenvalue weighted by Crippen LogP contribution is -2.12. The Labute approximate surface area is 159 Å². The van der Waals surface area contributed by atoms with Crippen molar-refractivity contribution in [3.05, 3.63) is 50.6 Å². The summed E-state index contributed by atoms with van der Waals surface area (Å²) in [6.45, 7) is 1.99. The van der Waals surface area contributed by atoms with Crippen molar-refractivity contribution in [3.63, 3.8) is 0 Å². The normalized spacial score (nSPS) is 10.7. The van der Waals surface area contributed by atoms with Crippen LogP contribution in [0.5, 0.6) is 5.75 Å². The number of methoxy groups -OCH3 is 1. The van der Waals surface area contributed by atoms with Gasteiger partial charge in [0.15, 0.2) is 0 Å². The third-order valence-electron chi connectivity index (χ3n) is 3.57. The Bertz CT molecular complexity index is 875. The maximum atomic E-state index is 12.3. The van der Waals surface area contributed by atoms with Crippen LogP contribution in [-0.2, 0) is 11.2 Å². The summed E-state index contributed by atoms with van der Waals surface area (Å²) < 4.78 is 5.11. The van der Waals surface area contributed by atoms with Gasteiger partial charge >= 0.3 is 0 Å². The van der Waals surface area contributed by atoms with Crippen molar-refractivity contribution < 1.29 is 9.53 Å². The predicted octanol–water partition coefficient (Wildman–Crippen LogP) is 5.41. The van der Waals surface area contributed by atoms with E-state index in [-0.39, 0.29) is 5.91 Å². The Morgan fingerprint density at radius 1 is 1.36 bits per heavy atom. The van der Waals surface area contributed by atoms with Crippen LogP contribution >= 0.6 is 34.3 Å². The number of ether oxygens (including phenoxy) is 1. The molecule has 0 aliphatic carbocycles. The number of anilines is 1. The number of nitrogens with one attached hydrogen (secondary N) is 1. The molecular weight excluding hydrogens is 376 g/mol. The van der Waals surface area contributed by atoms with Gasteiger partial charge in [0.2, 0.25) is 5.91 Å². The number of nitrogens with zero attached hydrogens (tertiary/aromatic N) is 1. The highest BCUT2D eigenvalue weighted by Crippen LogP contribution is 2.32. The van der Waals surface area contributed by atoms with E-state index in [0.29, 0.717) is 29.3 Å². The molecule has 0 aliphatic rings. The van der Waals surface area contributed by atoms with Crippen molar-refractivity contribution in [2.75, 3.05) is 12.4 Å². The molecule has 0 fully saturated rings. The number of benzene rings is 1. The molecule has 3 rings (SSSR count). The van der Waals surface area contributed by atoms with Crippen LogP contribution in [0.2, 0.25) is 5.02 Å².